The fourth-order valence-corrected chi connectivity index (χ4v) is 4.31. The van der Waals surface area contributed by atoms with E-state index in [0.717, 1.165) is 5.56 Å². The summed E-state index contributed by atoms with van der Waals surface area (Å²) in [6.07, 6.45) is 0.625. The van der Waals surface area contributed by atoms with Crippen molar-refractivity contribution in [3.05, 3.63) is 69.5 Å². The van der Waals surface area contributed by atoms with E-state index in [1.54, 1.807) is 4.68 Å². The Hall–Kier alpha value is -2.33. The lowest BCUT2D eigenvalue weighted by molar-refractivity contribution is 0.0974. The van der Waals surface area contributed by atoms with Gasteiger partial charge in [-0.05, 0) is 29.9 Å². The summed E-state index contributed by atoms with van der Waals surface area (Å²) in [7, 11) is 1.42. The first-order chi connectivity index (χ1) is 14.9. The van der Waals surface area contributed by atoms with Crippen molar-refractivity contribution in [1.82, 2.24) is 20.2 Å². The molecule has 1 amide bonds. The molecule has 11 heteroatoms. The van der Waals surface area contributed by atoms with E-state index in [2.05, 4.69) is 20.9 Å². The molecule has 0 aliphatic heterocycles. The first kappa shape index (κ1) is 23.3. The van der Waals surface area contributed by atoms with Crippen LogP contribution in [0.25, 0.3) is 0 Å². The second kappa shape index (κ2) is 10.8. The van der Waals surface area contributed by atoms with E-state index in [1.165, 1.54) is 31.0 Å². The summed E-state index contributed by atoms with van der Waals surface area (Å²) in [5, 5.41) is 12.3. The van der Waals surface area contributed by atoms with E-state index < -0.39 is 5.91 Å². The number of rotatable bonds is 7. The molecule has 0 aliphatic carbocycles. The second-order valence-electron chi connectivity index (χ2n) is 6.23. The lowest BCUT2D eigenvalue weighted by Crippen LogP contribution is -2.39. The molecule has 2 N–H and O–H groups in total. The molecule has 1 heterocycles. The van der Waals surface area contributed by atoms with Crippen LogP contribution in [0.5, 0.6) is 5.75 Å². The Balaban J connectivity index is 1.73. The van der Waals surface area contributed by atoms with Crippen LogP contribution in [0.4, 0.5) is 0 Å². The number of hydrogen-bond acceptors (Lipinski definition) is 6. The number of methoxy groups -OCH3 is 1. The monoisotopic (exact) mass is 495 g/mol. The van der Waals surface area contributed by atoms with Crippen molar-refractivity contribution in [3.63, 3.8) is 0 Å². The minimum atomic E-state index is -0.511. The van der Waals surface area contributed by atoms with Crippen molar-refractivity contribution in [2.45, 2.75) is 24.3 Å². The van der Waals surface area contributed by atoms with Crippen molar-refractivity contribution in [2.75, 3.05) is 12.5 Å². The summed E-state index contributed by atoms with van der Waals surface area (Å²) in [6, 6.07) is 13.0. The van der Waals surface area contributed by atoms with Crippen LogP contribution >= 0.6 is 47.2 Å². The molecule has 0 aliphatic rings. The lowest BCUT2D eigenvalue weighted by atomic mass is 10.2. The molecular weight excluding hydrogens is 477 g/mol. The summed E-state index contributed by atoms with van der Waals surface area (Å²) in [5.74, 6) is 1.09. The maximum atomic E-state index is 12.7. The van der Waals surface area contributed by atoms with Gasteiger partial charge in [-0.1, -0.05) is 72.2 Å². The minimum Gasteiger partial charge on any atom is -0.494 e. The van der Waals surface area contributed by atoms with E-state index in [4.69, 9.17) is 40.2 Å². The van der Waals surface area contributed by atoms with Crippen LogP contribution in [0, 0.1) is 0 Å². The summed E-state index contributed by atoms with van der Waals surface area (Å²) in [4.78, 5) is 12.7. The molecule has 0 saturated carbocycles. The van der Waals surface area contributed by atoms with E-state index >= 15 is 0 Å². The van der Waals surface area contributed by atoms with Crippen LogP contribution in [-0.2, 0) is 12.2 Å². The number of thioether (sulfide) groups is 1. The van der Waals surface area contributed by atoms with E-state index in [0.29, 0.717) is 28.2 Å². The quantitative estimate of drug-likeness (QED) is 0.362. The zero-order chi connectivity index (χ0) is 22.4. The van der Waals surface area contributed by atoms with Gasteiger partial charge in [-0.15, -0.1) is 10.2 Å². The fourth-order valence-electron chi connectivity index (χ4n) is 2.69. The maximum Gasteiger partial charge on any atom is 0.261 e. The number of thiocarbonyl (C=S) groups is 1. The molecule has 31 heavy (non-hydrogen) atoms. The second-order valence-corrected chi connectivity index (χ2v) is 8.42. The molecule has 0 saturated heterocycles. The number of carbonyl (C=O) groups excluding carboxylic acids is 1. The van der Waals surface area contributed by atoms with E-state index in [-0.39, 0.29) is 21.4 Å². The topological polar surface area (TPSA) is 81.1 Å². The van der Waals surface area contributed by atoms with Gasteiger partial charge in [0.2, 0.25) is 5.16 Å². The Morgan fingerprint density at radius 1 is 1.23 bits per heavy atom. The van der Waals surface area contributed by atoms with Gasteiger partial charge in [-0.25, -0.2) is 4.68 Å². The minimum absolute atomic E-state index is 0.0687. The van der Waals surface area contributed by atoms with Gasteiger partial charge < -0.3 is 4.74 Å². The van der Waals surface area contributed by atoms with Crippen LogP contribution in [0.1, 0.15) is 28.7 Å². The van der Waals surface area contributed by atoms with Crippen molar-refractivity contribution >= 4 is 58.2 Å². The van der Waals surface area contributed by atoms with E-state index in [1.807, 2.05) is 37.3 Å². The van der Waals surface area contributed by atoms with Gasteiger partial charge in [0.15, 0.2) is 10.9 Å². The Morgan fingerprint density at radius 2 is 1.97 bits per heavy atom. The smallest absolute Gasteiger partial charge is 0.261 e. The first-order valence-corrected chi connectivity index (χ1v) is 11.3. The van der Waals surface area contributed by atoms with Gasteiger partial charge in [0.05, 0.1) is 17.7 Å². The van der Waals surface area contributed by atoms with Crippen molar-refractivity contribution in [2.24, 2.45) is 0 Å². The Bertz CT molecular complexity index is 1090. The molecule has 2 aromatic carbocycles. The van der Waals surface area contributed by atoms with Gasteiger partial charge in [-0.2, -0.15) is 0 Å². The van der Waals surface area contributed by atoms with Crippen molar-refractivity contribution < 1.29 is 9.53 Å². The van der Waals surface area contributed by atoms with Crippen LogP contribution in [0.3, 0.4) is 0 Å². The Kier molecular flexibility index (Phi) is 8.14. The molecule has 0 fully saturated rings. The number of halogens is 2. The highest BCUT2D eigenvalue weighted by atomic mass is 35.5. The molecule has 3 aromatic rings. The number of hydrogen-bond donors (Lipinski definition) is 2. The van der Waals surface area contributed by atoms with Crippen LogP contribution < -0.4 is 15.5 Å². The summed E-state index contributed by atoms with van der Waals surface area (Å²) in [6.45, 7) is 1.95. The van der Waals surface area contributed by atoms with Gasteiger partial charge >= 0.3 is 0 Å². The molecule has 0 atom stereocenters. The number of aryl methyl sites for hydroxylation is 1. The molecule has 0 unspecified atom stereocenters. The third kappa shape index (κ3) is 5.88. The largest absolute Gasteiger partial charge is 0.494 e. The third-order valence-electron chi connectivity index (χ3n) is 4.12. The molecular formula is C20H19Cl2N5O2S2. The zero-order valence-electron chi connectivity index (χ0n) is 16.7. The average molecular weight is 496 g/mol. The maximum absolute atomic E-state index is 12.7. The Morgan fingerprint density at radius 3 is 2.65 bits per heavy atom. The van der Waals surface area contributed by atoms with Crippen molar-refractivity contribution in [1.29, 1.82) is 0 Å². The third-order valence-corrected chi connectivity index (χ3v) is 5.82. The van der Waals surface area contributed by atoms with E-state index in [9.17, 15) is 4.79 Å². The normalized spacial score (nSPS) is 10.6. The van der Waals surface area contributed by atoms with Crippen molar-refractivity contribution in [3.8, 4) is 5.75 Å². The summed E-state index contributed by atoms with van der Waals surface area (Å²) >= 11 is 19.0. The highest BCUT2D eigenvalue weighted by molar-refractivity contribution is 7.98. The number of aromatic nitrogens is 3. The predicted octanol–water partition coefficient (Wildman–Crippen LogP) is 4.71. The SMILES string of the molecule is CCc1nnc(SCc2ccccc2)n1NC(=S)NC(=O)c1cc(Cl)cc(Cl)c1OC. The molecule has 0 spiro atoms. The molecule has 3 rings (SSSR count). The number of ether oxygens (including phenoxy) is 1. The van der Waals surface area contributed by atoms with Crippen LogP contribution in [0.15, 0.2) is 47.6 Å². The lowest BCUT2D eigenvalue weighted by Gasteiger charge is -2.15. The molecule has 0 bridgehead atoms. The highest BCUT2D eigenvalue weighted by Gasteiger charge is 2.19. The fraction of sp³-hybridized carbons (Fsp3) is 0.200. The molecule has 162 valence electrons. The standard InChI is InChI=1S/C20H19Cl2N5O2S2/c1-3-16-24-25-20(31-11-12-7-5-4-6-8-12)27(16)26-19(30)23-18(28)14-9-13(21)10-15(22)17(14)29-2/h4-10H,3,11H2,1-2H3,(H2,23,26,28,30). The Labute approximate surface area is 199 Å². The van der Waals surface area contributed by atoms with Gasteiger partial charge in [0, 0.05) is 17.2 Å². The summed E-state index contributed by atoms with van der Waals surface area (Å²) < 4.78 is 6.89. The summed E-state index contributed by atoms with van der Waals surface area (Å²) in [5.41, 5.74) is 4.30. The van der Waals surface area contributed by atoms with Gasteiger partial charge in [0.25, 0.3) is 5.91 Å². The molecule has 0 radical (unpaired) electrons. The van der Waals surface area contributed by atoms with Gasteiger partial charge in [0.1, 0.15) is 5.75 Å². The molecule has 1 aromatic heterocycles. The van der Waals surface area contributed by atoms with Crippen LogP contribution in [0.2, 0.25) is 10.0 Å². The number of nitrogens with one attached hydrogen (secondary N) is 2. The predicted molar refractivity (Wildman–Crippen MR) is 128 cm³/mol. The number of amides is 1. The number of carbonyl (C=O) groups is 1. The van der Waals surface area contributed by atoms with Gasteiger partial charge in [-0.3, -0.25) is 15.5 Å². The highest BCUT2D eigenvalue weighted by Crippen LogP contribution is 2.32. The number of benzene rings is 2. The zero-order valence-corrected chi connectivity index (χ0v) is 19.8. The van der Waals surface area contributed by atoms with Crippen LogP contribution in [-0.4, -0.2) is 33.0 Å². The first-order valence-electron chi connectivity index (χ1n) is 9.19. The average Bonchev–Trinajstić information content (AvgIpc) is 3.13. The molecule has 7 nitrogen and oxygen atoms in total. The number of nitrogens with zero attached hydrogens (tertiary/aromatic N) is 3.